The number of thiazole rings is 1. The van der Waals surface area contributed by atoms with Crippen LogP contribution in [0.1, 0.15) is 31.0 Å². The molecule has 0 fully saturated rings. The first kappa shape index (κ1) is 22.2. The molecule has 2 heterocycles. The molecule has 6 nitrogen and oxygen atoms in total. The molecule has 2 aromatic carbocycles. The first-order valence-electron chi connectivity index (χ1n) is 10.0. The minimum absolute atomic E-state index is 0.220. The van der Waals surface area contributed by atoms with Crippen LogP contribution >= 0.6 is 27.3 Å². The summed E-state index contributed by atoms with van der Waals surface area (Å²) in [5.41, 5.74) is 2.23. The summed E-state index contributed by atoms with van der Waals surface area (Å²) >= 11 is 4.72. The number of ether oxygens (including phenoxy) is 2. The van der Waals surface area contributed by atoms with Crippen molar-refractivity contribution in [1.29, 1.82) is 0 Å². The summed E-state index contributed by atoms with van der Waals surface area (Å²) in [6, 6.07) is 14.4. The van der Waals surface area contributed by atoms with Crippen molar-refractivity contribution in [2.75, 3.05) is 13.7 Å². The summed E-state index contributed by atoms with van der Waals surface area (Å²) in [7, 11) is 1.57. The number of fused-ring (bicyclic) bond motifs is 1. The number of halogens is 1. The van der Waals surface area contributed by atoms with Crippen LogP contribution in [0.25, 0.3) is 6.08 Å². The lowest BCUT2D eigenvalue weighted by Gasteiger charge is -2.25. The Bertz CT molecular complexity index is 1390. The fourth-order valence-corrected chi connectivity index (χ4v) is 5.00. The van der Waals surface area contributed by atoms with Gasteiger partial charge in [0.25, 0.3) is 5.56 Å². The Kier molecular flexibility index (Phi) is 6.43. The number of allylic oxidation sites excluding steroid dienone is 1. The molecule has 0 radical (unpaired) electrons. The number of aromatic nitrogens is 1. The molecule has 8 heteroatoms. The molecule has 164 valence electrons. The molecule has 0 spiro atoms. The van der Waals surface area contributed by atoms with Crippen molar-refractivity contribution >= 4 is 39.3 Å². The second-order valence-corrected chi connectivity index (χ2v) is 9.02. The molecule has 1 aromatic heterocycles. The highest BCUT2D eigenvalue weighted by Gasteiger charge is 2.34. The molecular weight excluding hydrogens is 492 g/mol. The van der Waals surface area contributed by atoms with Crippen molar-refractivity contribution in [3.63, 3.8) is 0 Å². The predicted molar refractivity (Wildman–Crippen MR) is 128 cm³/mol. The Hall–Kier alpha value is -2.97. The van der Waals surface area contributed by atoms with Gasteiger partial charge in [0.1, 0.15) is 11.8 Å². The number of nitrogens with zero attached hydrogens (tertiary/aromatic N) is 2. The van der Waals surface area contributed by atoms with Crippen molar-refractivity contribution in [1.82, 2.24) is 4.57 Å². The lowest BCUT2D eigenvalue weighted by molar-refractivity contribution is -0.139. The summed E-state index contributed by atoms with van der Waals surface area (Å²) in [5.74, 6) is 0.0864. The lowest BCUT2D eigenvalue weighted by atomic mass is 9.95. The lowest BCUT2D eigenvalue weighted by Crippen LogP contribution is -2.40. The number of carbonyl (C=O) groups excluding carboxylic acids is 1. The number of benzene rings is 2. The highest BCUT2D eigenvalue weighted by molar-refractivity contribution is 9.10. The van der Waals surface area contributed by atoms with E-state index in [1.54, 1.807) is 25.5 Å². The van der Waals surface area contributed by atoms with Gasteiger partial charge in [-0.3, -0.25) is 9.36 Å². The Balaban J connectivity index is 1.98. The van der Waals surface area contributed by atoms with E-state index in [4.69, 9.17) is 9.47 Å². The second kappa shape index (κ2) is 9.26. The number of para-hydroxylation sites is 1. The Morgan fingerprint density at radius 3 is 2.62 bits per heavy atom. The number of hydrogen-bond acceptors (Lipinski definition) is 6. The Morgan fingerprint density at radius 2 is 1.94 bits per heavy atom. The van der Waals surface area contributed by atoms with Crippen molar-refractivity contribution in [2.24, 2.45) is 4.99 Å². The Morgan fingerprint density at radius 1 is 1.22 bits per heavy atom. The van der Waals surface area contributed by atoms with E-state index in [2.05, 4.69) is 20.9 Å². The van der Waals surface area contributed by atoms with Crippen LogP contribution in [0, 0.1) is 0 Å². The van der Waals surface area contributed by atoms with E-state index < -0.39 is 12.0 Å². The molecule has 32 heavy (non-hydrogen) atoms. The van der Waals surface area contributed by atoms with Gasteiger partial charge in [-0.1, -0.05) is 57.6 Å². The zero-order valence-electron chi connectivity index (χ0n) is 17.8. The van der Waals surface area contributed by atoms with Crippen molar-refractivity contribution in [3.8, 4) is 5.75 Å². The molecule has 3 aromatic rings. The van der Waals surface area contributed by atoms with Crippen LogP contribution in [-0.2, 0) is 9.53 Å². The highest BCUT2D eigenvalue weighted by Crippen LogP contribution is 2.35. The summed E-state index contributed by atoms with van der Waals surface area (Å²) in [6.07, 6.45) is 1.83. The third kappa shape index (κ3) is 4.08. The number of carbonyl (C=O) groups is 1. The van der Waals surface area contributed by atoms with Gasteiger partial charge in [-0.25, -0.2) is 9.79 Å². The molecule has 0 aliphatic carbocycles. The van der Waals surface area contributed by atoms with Crippen LogP contribution in [0.4, 0.5) is 0 Å². The normalized spacial score (nSPS) is 15.9. The predicted octanol–water partition coefficient (Wildman–Crippen LogP) is 3.57. The molecule has 1 atom stereocenters. The molecule has 0 bridgehead atoms. The van der Waals surface area contributed by atoms with E-state index in [0.717, 1.165) is 10.0 Å². The van der Waals surface area contributed by atoms with Crippen LogP contribution in [0.15, 0.2) is 74.1 Å². The third-order valence-electron chi connectivity index (χ3n) is 5.12. The summed E-state index contributed by atoms with van der Waals surface area (Å²) < 4.78 is 13.9. The number of hydrogen-bond donors (Lipinski definition) is 0. The maximum atomic E-state index is 13.6. The van der Waals surface area contributed by atoms with E-state index in [9.17, 15) is 9.59 Å². The van der Waals surface area contributed by atoms with Gasteiger partial charge in [-0.05, 0) is 43.7 Å². The number of rotatable bonds is 5. The molecule has 0 N–H and O–H groups in total. The fraction of sp³-hybridized carbons (Fsp3) is 0.208. The van der Waals surface area contributed by atoms with Gasteiger partial charge in [-0.2, -0.15) is 0 Å². The minimum Gasteiger partial charge on any atom is -0.496 e. The van der Waals surface area contributed by atoms with Crippen molar-refractivity contribution < 1.29 is 14.3 Å². The van der Waals surface area contributed by atoms with E-state index in [1.807, 2.05) is 54.6 Å². The highest BCUT2D eigenvalue weighted by atomic mass is 79.9. The van der Waals surface area contributed by atoms with E-state index in [0.29, 0.717) is 31.9 Å². The maximum Gasteiger partial charge on any atom is 0.338 e. The zero-order valence-corrected chi connectivity index (χ0v) is 20.2. The summed E-state index contributed by atoms with van der Waals surface area (Å²) in [5, 5.41) is 0. The van der Waals surface area contributed by atoms with Crippen LogP contribution < -0.4 is 19.6 Å². The summed E-state index contributed by atoms with van der Waals surface area (Å²) in [6.45, 7) is 3.74. The summed E-state index contributed by atoms with van der Waals surface area (Å²) in [4.78, 5) is 31.6. The van der Waals surface area contributed by atoms with Gasteiger partial charge < -0.3 is 9.47 Å². The van der Waals surface area contributed by atoms with Gasteiger partial charge in [0.05, 0.1) is 29.5 Å². The second-order valence-electron chi connectivity index (χ2n) is 7.10. The first-order chi connectivity index (χ1) is 15.4. The van der Waals surface area contributed by atoms with Gasteiger partial charge in [0, 0.05) is 10.0 Å². The average Bonchev–Trinajstić information content (AvgIpc) is 3.09. The van der Waals surface area contributed by atoms with Gasteiger partial charge in [0.2, 0.25) is 0 Å². The number of methoxy groups -OCH3 is 1. The van der Waals surface area contributed by atoms with Crippen LogP contribution in [-0.4, -0.2) is 24.3 Å². The monoisotopic (exact) mass is 512 g/mol. The SMILES string of the molecule is CCOC(=O)C1=C(C)N=c2s/c(=C/c3ccc(Br)cc3)c(=O)n2[C@H]1c1ccccc1OC. The van der Waals surface area contributed by atoms with Gasteiger partial charge in [0.15, 0.2) is 4.80 Å². The smallest absolute Gasteiger partial charge is 0.338 e. The molecule has 0 saturated heterocycles. The van der Waals surface area contributed by atoms with Crippen LogP contribution in [0.2, 0.25) is 0 Å². The third-order valence-corrected chi connectivity index (χ3v) is 6.63. The van der Waals surface area contributed by atoms with E-state index in [-0.39, 0.29) is 12.2 Å². The van der Waals surface area contributed by atoms with Crippen molar-refractivity contribution in [2.45, 2.75) is 19.9 Å². The largest absolute Gasteiger partial charge is 0.496 e. The first-order valence-corrected chi connectivity index (χ1v) is 11.6. The standard InChI is InChI=1S/C24H21BrN2O4S/c1-4-31-23(29)20-14(2)26-24-27(21(20)17-7-5-6-8-18(17)30-3)22(28)19(32-24)13-15-9-11-16(25)12-10-15/h5-13,21H,4H2,1-3H3/b19-13+/t21-/m0/s1. The Labute approximate surface area is 197 Å². The number of esters is 1. The van der Waals surface area contributed by atoms with Gasteiger partial charge >= 0.3 is 5.97 Å². The molecule has 1 aliphatic rings. The topological polar surface area (TPSA) is 69.9 Å². The van der Waals surface area contributed by atoms with Gasteiger partial charge in [-0.15, -0.1) is 0 Å². The quantitative estimate of drug-likeness (QED) is 0.490. The van der Waals surface area contributed by atoms with Crippen LogP contribution in [0.5, 0.6) is 5.75 Å². The molecular formula is C24H21BrN2O4S. The maximum absolute atomic E-state index is 13.6. The zero-order chi connectivity index (χ0) is 22.8. The minimum atomic E-state index is -0.700. The van der Waals surface area contributed by atoms with E-state index in [1.165, 1.54) is 11.3 Å². The molecule has 0 unspecified atom stereocenters. The van der Waals surface area contributed by atoms with Crippen molar-refractivity contribution in [3.05, 3.63) is 95.1 Å². The average molecular weight is 513 g/mol. The van der Waals surface area contributed by atoms with Crippen LogP contribution in [0.3, 0.4) is 0 Å². The molecule has 4 rings (SSSR count). The molecule has 0 saturated carbocycles. The fourth-order valence-electron chi connectivity index (χ4n) is 3.69. The van der Waals surface area contributed by atoms with E-state index >= 15 is 0 Å². The molecule has 0 amide bonds. The molecule has 1 aliphatic heterocycles.